The number of aromatic nitrogens is 2. The first kappa shape index (κ1) is 19.7. The fraction of sp³-hybridized carbons (Fsp3) is 0.500. The first-order valence-corrected chi connectivity index (χ1v) is 10.1. The summed E-state index contributed by atoms with van der Waals surface area (Å²) < 4.78 is 82.3. The number of hydrogen-bond acceptors (Lipinski definition) is 5. The molecule has 2 aromatic rings. The van der Waals surface area contributed by atoms with Gasteiger partial charge in [-0.25, -0.2) is 17.5 Å². The van der Waals surface area contributed by atoms with Crippen molar-refractivity contribution in [2.45, 2.75) is 37.9 Å². The number of sulfonamides is 1. The molecular formula is C16H17F4N3O3S. The van der Waals surface area contributed by atoms with E-state index in [2.05, 4.69) is 19.4 Å². The molecule has 1 aromatic heterocycles. The van der Waals surface area contributed by atoms with Gasteiger partial charge in [-0.2, -0.15) is 18.2 Å². The first-order valence-electron chi connectivity index (χ1n) is 8.22. The fourth-order valence-electron chi connectivity index (χ4n) is 3.31. The Labute approximate surface area is 153 Å². The number of halogens is 4. The zero-order valence-corrected chi connectivity index (χ0v) is 15.1. The Kier molecular flexibility index (Phi) is 5.26. The van der Waals surface area contributed by atoms with Crippen LogP contribution in [0.1, 0.15) is 43.2 Å². The maximum Gasteiger partial charge on any atom is 0.471 e. The number of alkyl halides is 3. The molecule has 1 aromatic carbocycles. The minimum absolute atomic E-state index is 0.0204. The van der Waals surface area contributed by atoms with E-state index < -0.39 is 39.8 Å². The SMILES string of the molecule is CS(=O)(=O)NC(c1ccc(-c2noc(C(F)(F)F)n2)c(F)c1)C1CCCC1. The van der Waals surface area contributed by atoms with Crippen molar-refractivity contribution in [3.05, 3.63) is 35.5 Å². The lowest BCUT2D eigenvalue weighted by molar-refractivity contribution is -0.159. The molecule has 0 spiro atoms. The highest BCUT2D eigenvalue weighted by Gasteiger charge is 2.39. The Balaban J connectivity index is 1.93. The molecule has 148 valence electrons. The van der Waals surface area contributed by atoms with Crippen LogP contribution in [0.5, 0.6) is 0 Å². The molecule has 1 aliphatic rings. The average molecular weight is 407 g/mol. The molecule has 0 aliphatic heterocycles. The van der Waals surface area contributed by atoms with Crippen molar-refractivity contribution in [1.82, 2.24) is 14.9 Å². The van der Waals surface area contributed by atoms with Crippen molar-refractivity contribution in [2.75, 3.05) is 6.26 Å². The van der Waals surface area contributed by atoms with Gasteiger partial charge in [-0.15, -0.1) is 0 Å². The molecule has 0 bridgehead atoms. The van der Waals surface area contributed by atoms with Gasteiger partial charge in [0.05, 0.1) is 11.8 Å². The van der Waals surface area contributed by atoms with E-state index in [4.69, 9.17) is 0 Å². The van der Waals surface area contributed by atoms with Crippen molar-refractivity contribution in [3.8, 4) is 11.4 Å². The lowest BCUT2D eigenvalue weighted by Crippen LogP contribution is -2.32. The maximum absolute atomic E-state index is 14.5. The molecule has 3 rings (SSSR count). The first-order chi connectivity index (χ1) is 12.5. The molecule has 1 fully saturated rings. The van der Waals surface area contributed by atoms with E-state index >= 15 is 0 Å². The number of hydrogen-bond donors (Lipinski definition) is 1. The molecular weight excluding hydrogens is 390 g/mol. The summed E-state index contributed by atoms with van der Waals surface area (Å²) >= 11 is 0. The summed E-state index contributed by atoms with van der Waals surface area (Å²) in [7, 11) is -3.53. The minimum Gasteiger partial charge on any atom is -0.329 e. The largest absolute Gasteiger partial charge is 0.471 e. The van der Waals surface area contributed by atoms with E-state index in [1.165, 1.54) is 12.1 Å². The zero-order valence-electron chi connectivity index (χ0n) is 14.3. The summed E-state index contributed by atoms with van der Waals surface area (Å²) in [6.45, 7) is 0. The molecule has 6 nitrogen and oxygen atoms in total. The smallest absolute Gasteiger partial charge is 0.329 e. The van der Waals surface area contributed by atoms with Crippen LogP contribution in [0.4, 0.5) is 17.6 Å². The summed E-state index contributed by atoms with van der Waals surface area (Å²) in [6.07, 6.45) is -0.286. The van der Waals surface area contributed by atoms with Gasteiger partial charge in [-0.05, 0) is 36.5 Å². The van der Waals surface area contributed by atoms with Crippen LogP contribution in [0.2, 0.25) is 0 Å². The van der Waals surface area contributed by atoms with Crippen LogP contribution in [0.3, 0.4) is 0 Å². The molecule has 1 unspecified atom stereocenters. The van der Waals surface area contributed by atoms with E-state index in [0.29, 0.717) is 5.56 Å². The summed E-state index contributed by atoms with van der Waals surface area (Å²) in [5.41, 5.74) is 0.135. The molecule has 1 N–H and O–H groups in total. The number of nitrogens with one attached hydrogen (secondary N) is 1. The van der Waals surface area contributed by atoms with E-state index in [0.717, 1.165) is 38.0 Å². The Morgan fingerprint density at radius 2 is 1.93 bits per heavy atom. The summed E-state index contributed by atoms with van der Waals surface area (Å²) in [5, 5.41) is 3.17. The predicted octanol–water partition coefficient (Wildman–Crippen LogP) is 3.68. The van der Waals surface area contributed by atoms with Gasteiger partial charge in [0.25, 0.3) is 0 Å². The Hall–Kier alpha value is -2.01. The fourth-order valence-corrected chi connectivity index (χ4v) is 4.10. The van der Waals surface area contributed by atoms with Gasteiger partial charge in [0.2, 0.25) is 15.8 Å². The van der Waals surface area contributed by atoms with Crippen molar-refractivity contribution >= 4 is 10.0 Å². The van der Waals surface area contributed by atoms with Crippen LogP contribution in [-0.4, -0.2) is 24.8 Å². The van der Waals surface area contributed by atoms with Gasteiger partial charge >= 0.3 is 12.1 Å². The summed E-state index contributed by atoms with van der Waals surface area (Å²) in [6, 6.07) is 3.17. The lowest BCUT2D eigenvalue weighted by Gasteiger charge is -2.24. The predicted molar refractivity (Wildman–Crippen MR) is 87.4 cm³/mol. The lowest BCUT2D eigenvalue weighted by atomic mass is 9.92. The van der Waals surface area contributed by atoms with Crippen molar-refractivity contribution in [3.63, 3.8) is 0 Å². The molecule has 11 heteroatoms. The Bertz CT molecular complexity index is 921. The average Bonchev–Trinajstić information content (AvgIpc) is 3.23. The van der Waals surface area contributed by atoms with Gasteiger partial charge in [-0.1, -0.05) is 24.1 Å². The summed E-state index contributed by atoms with van der Waals surface area (Å²) in [5.74, 6) is -2.93. The second kappa shape index (κ2) is 7.19. The molecule has 1 aliphatic carbocycles. The van der Waals surface area contributed by atoms with Gasteiger partial charge in [0, 0.05) is 6.04 Å². The number of benzene rings is 1. The highest BCUT2D eigenvalue weighted by molar-refractivity contribution is 7.88. The van der Waals surface area contributed by atoms with Gasteiger partial charge in [0.15, 0.2) is 0 Å². The van der Waals surface area contributed by atoms with Crippen molar-refractivity contribution in [2.24, 2.45) is 5.92 Å². The maximum atomic E-state index is 14.5. The molecule has 1 heterocycles. The Morgan fingerprint density at radius 1 is 1.26 bits per heavy atom. The van der Waals surface area contributed by atoms with E-state index in [-0.39, 0.29) is 11.5 Å². The number of nitrogens with zero attached hydrogens (tertiary/aromatic N) is 2. The minimum atomic E-state index is -4.82. The highest BCUT2D eigenvalue weighted by Crippen LogP contribution is 2.37. The van der Waals surface area contributed by atoms with E-state index in [1.54, 1.807) is 0 Å². The highest BCUT2D eigenvalue weighted by atomic mass is 32.2. The van der Waals surface area contributed by atoms with Crippen molar-refractivity contribution < 1.29 is 30.5 Å². The second-order valence-electron chi connectivity index (χ2n) is 6.57. The Morgan fingerprint density at radius 3 is 2.44 bits per heavy atom. The van der Waals surface area contributed by atoms with Crippen molar-refractivity contribution in [1.29, 1.82) is 0 Å². The molecule has 0 amide bonds. The van der Waals surface area contributed by atoms with Crippen LogP contribution in [-0.2, 0) is 16.2 Å². The van der Waals surface area contributed by atoms with Gasteiger partial charge < -0.3 is 4.52 Å². The quantitative estimate of drug-likeness (QED) is 0.765. The third-order valence-electron chi connectivity index (χ3n) is 4.47. The third kappa shape index (κ3) is 4.64. The summed E-state index contributed by atoms with van der Waals surface area (Å²) in [4.78, 5) is 3.17. The topological polar surface area (TPSA) is 85.1 Å². The second-order valence-corrected chi connectivity index (χ2v) is 8.35. The molecule has 1 atom stereocenters. The van der Waals surface area contributed by atoms with E-state index in [9.17, 15) is 26.0 Å². The van der Waals surface area contributed by atoms with Gasteiger partial charge in [-0.3, -0.25) is 0 Å². The van der Waals surface area contributed by atoms with E-state index in [1.807, 2.05) is 0 Å². The standard InChI is InChI=1S/C16H17F4N3O3S/c1-27(24,25)23-13(9-4-2-3-5-9)10-6-7-11(12(17)8-10)14-21-15(26-22-14)16(18,19)20/h6-9,13,23H,2-5H2,1H3. The molecule has 1 saturated carbocycles. The zero-order chi connectivity index (χ0) is 19.8. The van der Waals surface area contributed by atoms with Gasteiger partial charge in [0.1, 0.15) is 5.82 Å². The van der Waals surface area contributed by atoms with Crippen LogP contribution < -0.4 is 4.72 Å². The van der Waals surface area contributed by atoms with Crippen LogP contribution in [0, 0.1) is 11.7 Å². The monoisotopic (exact) mass is 407 g/mol. The van der Waals surface area contributed by atoms with Crippen LogP contribution >= 0.6 is 0 Å². The molecule has 0 saturated heterocycles. The normalized spacial score (nSPS) is 17.4. The number of rotatable bonds is 5. The molecule has 0 radical (unpaired) electrons. The third-order valence-corrected chi connectivity index (χ3v) is 5.16. The van der Waals surface area contributed by atoms with Crippen LogP contribution in [0.25, 0.3) is 11.4 Å². The molecule has 27 heavy (non-hydrogen) atoms. The van der Waals surface area contributed by atoms with Crippen LogP contribution in [0.15, 0.2) is 22.7 Å².